The number of aromatic hydroxyl groups is 1. The number of benzene rings is 2. The van der Waals surface area contributed by atoms with Crippen molar-refractivity contribution < 1.29 is 9.90 Å². The average molecular weight is 400 g/mol. The number of halogens is 1. The summed E-state index contributed by atoms with van der Waals surface area (Å²) in [7, 11) is 0. The first kappa shape index (κ1) is 18.6. The van der Waals surface area contributed by atoms with E-state index >= 15 is 0 Å². The fraction of sp³-hybridized carbons (Fsp3) is 0.158. The largest absolute Gasteiger partial charge is 0.508 e. The predicted molar refractivity (Wildman–Crippen MR) is 101 cm³/mol. The molecular weight excluding hydrogens is 382 g/mol. The van der Waals surface area contributed by atoms with Crippen LogP contribution < -0.4 is 10.6 Å². The van der Waals surface area contributed by atoms with Crippen LogP contribution in [0.25, 0.3) is 0 Å². The first-order chi connectivity index (χ1) is 12.0. The smallest absolute Gasteiger partial charge is 0.267 e. The highest BCUT2D eigenvalue weighted by atomic mass is 79.9. The minimum atomic E-state index is -0.493. The molecule has 0 atom stereocenters. The van der Waals surface area contributed by atoms with Crippen LogP contribution in [0.15, 0.2) is 58.7 Å². The minimum absolute atomic E-state index is 0.0109. The highest BCUT2D eigenvalue weighted by Gasteiger charge is 2.10. The van der Waals surface area contributed by atoms with Gasteiger partial charge in [0.25, 0.3) is 5.91 Å². The Morgan fingerprint density at radius 3 is 2.64 bits per heavy atom. The summed E-state index contributed by atoms with van der Waals surface area (Å²) in [5, 5.41) is 24.2. The van der Waals surface area contributed by atoms with Crippen molar-refractivity contribution in [2.45, 2.75) is 13.3 Å². The van der Waals surface area contributed by atoms with Gasteiger partial charge in [-0.2, -0.15) is 5.26 Å². The Kier molecular flexibility index (Phi) is 6.61. The summed E-state index contributed by atoms with van der Waals surface area (Å²) in [6.07, 6.45) is 2.20. The second kappa shape index (κ2) is 8.90. The molecule has 0 saturated heterocycles. The molecule has 5 nitrogen and oxygen atoms in total. The van der Waals surface area contributed by atoms with Gasteiger partial charge in [-0.15, -0.1) is 0 Å². The van der Waals surface area contributed by atoms with Gasteiger partial charge in [-0.1, -0.05) is 28.1 Å². The molecule has 3 N–H and O–H groups in total. The van der Waals surface area contributed by atoms with Crippen LogP contribution in [0.1, 0.15) is 11.1 Å². The molecule has 0 radical (unpaired) electrons. The fourth-order valence-electron chi connectivity index (χ4n) is 2.17. The normalized spacial score (nSPS) is 10.8. The molecule has 0 fully saturated rings. The lowest BCUT2D eigenvalue weighted by Gasteiger charge is -2.08. The summed E-state index contributed by atoms with van der Waals surface area (Å²) < 4.78 is 1.03. The maximum Gasteiger partial charge on any atom is 0.267 e. The number of carbonyl (C=O) groups is 1. The lowest BCUT2D eigenvalue weighted by molar-refractivity contribution is -0.112. The molecule has 0 aliphatic rings. The number of nitriles is 1. The van der Waals surface area contributed by atoms with E-state index in [4.69, 9.17) is 0 Å². The maximum absolute atomic E-state index is 12.2. The second-order valence-corrected chi connectivity index (χ2v) is 6.37. The molecule has 0 heterocycles. The first-order valence-electron chi connectivity index (χ1n) is 7.68. The van der Waals surface area contributed by atoms with E-state index in [0.717, 1.165) is 16.5 Å². The van der Waals surface area contributed by atoms with E-state index in [0.29, 0.717) is 17.8 Å². The third kappa shape index (κ3) is 5.66. The van der Waals surface area contributed by atoms with E-state index in [-0.39, 0.29) is 11.3 Å². The molecule has 6 heteroatoms. The van der Waals surface area contributed by atoms with Gasteiger partial charge in [-0.25, -0.2) is 0 Å². The summed E-state index contributed by atoms with van der Waals surface area (Å²) >= 11 is 3.39. The minimum Gasteiger partial charge on any atom is -0.508 e. The maximum atomic E-state index is 12.2. The molecule has 1 amide bonds. The summed E-state index contributed by atoms with van der Waals surface area (Å²) in [6, 6.07) is 14.5. The highest BCUT2D eigenvalue weighted by molar-refractivity contribution is 9.10. The number of nitrogens with zero attached hydrogens (tertiary/aromatic N) is 1. The highest BCUT2D eigenvalue weighted by Crippen LogP contribution is 2.20. The van der Waals surface area contributed by atoms with E-state index in [9.17, 15) is 15.2 Å². The number of anilines is 1. The van der Waals surface area contributed by atoms with Gasteiger partial charge < -0.3 is 15.7 Å². The summed E-state index contributed by atoms with van der Waals surface area (Å²) in [6.45, 7) is 2.37. The Labute approximate surface area is 155 Å². The molecule has 128 valence electrons. The number of nitrogens with one attached hydrogen (secondary N) is 2. The van der Waals surface area contributed by atoms with Gasteiger partial charge in [0.15, 0.2) is 0 Å². The van der Waals surface area contributed by atoms with Crippen molar-refractivity contribution in [2.75, 3.05) is 11.9 Å². The SMILES string of the molecule is Cc1cc(O)ccc1NC(=O)/C(C#N)=C\NCCc1ccc(Br)cc1. The summed E-state index contributed by atoms with van der Waals surface area (Å²) in [5.41, 5.74) is 2.42. The van der Waals surface area contributed by atoms with Crippen LogP contribution in [0, 0.1) is 18.3 Å². The number of carbonyl (C=O) groups excluding carboxylic acids is 1. The van der Waals surface area contributed by atoms with Crippen LogP contribution in [0.3, 0.4) is 0 Å². The van der Waals surface area contributed by atoms with Crippen molar-refractivity contribution in [3.63, 3.8) is 0 Å². The van der Waals surface area contributed by atoms with Gasteiger partial charge in [0, 0.05) is 22.9 Å². The Morgan fingerprint density at radius 1 is 1.28 bits per heavy atom. The van der Waals surface area contributed by atoms with E-state index in [1.54, 1.807) is 19.1 Å². The topological polar surface area (TPSA) is 85.2 Å². The van der Waals surface area contributed by atoms with Crippen LogP contribution in [0.5, 0.6) is 5.75 Å². The van der Waals surface area contributed by atoms with Crippen molar-refractivity contribution in [1.82, 2.24) is 5.32 Å². The number of rotatable bonds is 6. The fourth-order valence-corrected chi connectivity index (χ4v) is 2.43. The van der Waals surface area contributed by atoms with Crippen LogP contribution in [0.4, 0.5) is 5.69 Å². The van der Waals surface area contributed by atoms with Crippen molar-refractivity contribution in [3.8, 4) is 11.8 Å². The molecule has 2 aromatic rings. The number of phenols is 1. The molecule has 0 aliphatic carbocycles. The number of phenolic OH excluding ortho intramolecular Hbond substituents is 1. The predicted octanol–water partition coefficient (Wildman–Crippen LogP) is 3.64. The molecule has 0 aliphatic heterocycles. The van der Waals surface area contributed by atoms with Gasteiger partial charge in [-0.3, -0.25) is 4.79 Å². The molecule has 2 rings (SSSR count). The third-order valence-corrected chi connectivity index (χ3v) is 4.07. The van der Waals surface area contributed by atoms with E-state index in [1.807, 2.05) is 30.3 Å². The molecule has 0 spiro atoms. The molecule has 0 bridgehead atoms. The zero-order valence-corrected chi connectivity index (χ0v) is 15.3. The average Bonchev–Trinajstić information content (AvgIpc) is 2.59. The first-order valence-corrected chi connectivity index (χ1v) is 8.48. The van der Waals surface area contributed by atoms with Crippen LogP contribution in [0.2, 0.25) is 0 Å². The van der Waals surface area contributed by atoms with Crippen LogP contribution >= 0.6 is 15.9 Å². The van der Waals surface area contributed by atoms with E-state index in [1.165, 1.54) is 12.3 Å². The number of hydrogen-bond donors (Lipinski definition) is 3. The van der Waals surface area contributed by atoms with Crippen molar-refractivity contribution in [3.05, 3.63) is 69.8 Å². The van der Waals surface area contributed by atoms with Gasteiger partial charge in [0.05, 0.1) is 0 Å². The third-order valence-electron chi connectivity index (χ3n) is 3.54. The Bertz CT molecular complexity index is 824. The van der Waals surface area contributed by atoms with Gasteiger partial charge in [-0.05, 0) is 54.8 Å². The number of aryl methyl sites for hydroxylation is 1. The standard InChI is InChI=1S/C19H18BrN3O2/c1-13-10-17(24)6-7-18(13)23-19(25)15(11-21)12-22-9-8-14-2-4-16(20)5-3-14/h2-7,10,12,22,24H,8-9H2,1H3,(H,23,25)/b15-12-. The molecule has 0 saturated carbocycles. The van der Waals surface area contributed by atoms with Crippen molar-refractivity contribution in [1.29, 1.82) is 5.26 Å². The molecule has 25 heavy (non-hydrogen) atoms. The number of hydrogen-bond acceptors (Lipinski definition) is 4. The Balaban J connectivity index is 1.91. The van der Waals surface area contributed by atoms with Crippen molar-refractivity contribution in [2.24, 2.45) is 0 Å². The Morgan fingerprint density at radius 2 is 2.00 bits per heavy atom. The van der Waals surface area contributed by atoms with Gasteiger partial charge in [0.2, 0.25) is 0 Å². The summed E-state index contributed by atoms with van der Waals surface area (Å²) in [5.74, 6) is -0.367. The quantitative estimate of drug-likeness (QED) is 0.299. The lowest BCUT2D eigenvalue weighted by Crippen LogP contribution is -2.18. The molecular formula is C19H18BrN3O2. The van der Waals surface area contributed by atoms with Crippen LogP contribution in [-0.4, -0.2) is 17.6 Å². The van der Waals surface area contributed by atoms with E-state index in [2.05, 4.69) is 26.6 Å². The monoisotopic (exact) mass is 399 g/mol. The zero-order valence-electron chi connectivity index (χ0n) is 13.7. The number of amides is 1. The molecule has 0 unspecified atom stereocenters. The summed E-state index contributed by atoms with van der Waals surface area (Å²) in [4.78, 5) is 12.2. The van der Waals surface area contributed by atoms with Crippen molar-refractivity contribution >= 4 is 27.5 Å². The van der Waals surface area contributed by atoms with Gasteiger partial charge >= 0.3 is 0 Å². The lowest BCUT2D eigenvalue weighted by atomic mass is 10.1. The second-order valence-electron chi connectivity index (χ2n) is 5.45. The Hall–Kier alpha value is -2.78. The zero-order chi connectivity index (χ0) is 18.2. The molecule has 0 aromatic heterocycles. The van der Waals surface area contributed by atoms with Gasteiger partial charge in [0.1, 0.15) is 17.4 Å². The van der Waals surface area contributed by atoms with E-state index < -0.39 is 5.91 Å². The van der Waals surface area contributed by atoms with Crippen LogP contribution in [-0.2, 0) is 11.2 Å². The molecule has 2 aromatic carbocycles.